The number of ether oxygens (including phenoxy) is 1. The second-order valence-corrected chi connectivity index (χ2v) is 4.58. The van der Waals surface area contributed by atoms with E-state index in [1.807, 2.05) is 6.92 Å². The lowest BCUT2D eigenvalue weighted by Gasteiger charge is -2.27. The summed E-state index contributed by atoms with van der Waals surface area (Å²) < 4.78 is 5.18. The van der Waals surface area contributed by atoms with Gasteiger partial charge in [0.1, 0.15) is 0 Å². The van der Waals surface area contributed by atoms with Gasteiger partial charge in [-0.2, -0.15) is 0 Å². The van der Waals surface area contributed by atoms with Gasteiger partial charge < -0.3 is 20.5 Å². The molecular formula is C12H24N2O3. The Morgan fingerprint density at radius 3 is 2.71 bits per heavy atom. The monoisotopic (exact) mass is 244 g/mol. The van der Waals surface area contributed by atoms with Crippen LogP contribution in [0.5, 0.6) is 0 Å². The molecule has 0 spiro atoms. The van der Waals surface area contributed by atoms with E-state index in [1.54, 1.807) is 0 Å². The number of urea groups is 1. The number of nitrogens with one attached hydrogen (secondary N) is 2. The highest BCUT2D eigenvalue weighted by atomic mass is 16.5. The zero-order chi connectivity index (χ0) is 12.6. The topological polar surface area (TPSA) is 70.6 Å². The van der Waals surface area contributed by atoms with Crippen LogP contribution < -0.4 is 10.6 Å². The molecule has 1 rings (SSSR count). The maximum absolute atomic E-state index is 11.6. The molecule has 2 amide bonds. The van der Waals surface area contributed by atoms with Gasteiger partial charge in [-0.25, -0.2) is 4.79 Å². The minimum Gasteiger partial charge on any atom is -0.394 e. The molecule has 0 aromatic carbocycles. The minimum absolute atomic E-state index is 0.0271. The standard InChI is InChI=1S/C12H24N2O3/c1-2-17-9-5-8-13-11(16)14-12(10-15)6-3-4-7-12/h15H,2-10H2,1H3,(H2,13,14,16). The van der Waals surface area contributed by atoms with Gasteiger partial charge in [0.15, 0.2) is 0 Å². The Morgan fingerprint density at radius 2 is 2.12 bits per heavy atom. The van der Waals surface area contributed by atoms with Crippen molar-refractivity contribution in [3.8, 4) is 0 Å². The fraction of sp³-hybridized carbons (Fsp3) is 0.917. The Labute approximate surface area is 103 Å². The summed E-state index contributed by atoms with van der Waals surface area (Å²) in [6.07, 6.45) is 4.70. The zero-order valence-electron chi connectivity index (χ0n) is 10.6. The molecule has 1 aliphatic carbocycles. The number of amides is 2. The summed E-state index contributed by atoms with van der Waals surface area (Å²) in [7, 11) is 0. The van der Waals surface area contributed by atoms with Crippen LogP contribution >= 0.6 is 0 Å². The number of carbonyl (C=O) groups is 1. The maximum Gasteiger partial charge on any atom is 0.315 e. The van der Waals surface area contributed by atoms with Crippen molar-refractivity contribution in [3.05, 3.63) is 0 Å². The lowest BCUT2D eigenvalue weighted by atomic mass is 9.99. The van der Waals surface area contributed by atoms with Crippen LogP contribution in [0.4, 0.5) is 4.79 Å². The first-order valence-corrected chi connectivity index (χ1v) is 6.47. The molecule has 1 aliphatic rings. The number of hydrogen-bond acceptors (Lipinski definition) is 3. The molecule has 0 saturated heterocycles. The number of carbonyl (C=O) groups excluding carboxylic acids is 1. The van der Waals surface area contributed by atoms with Crippen molar-refractivity contribution >= 4 is 6.03 Å². The van der Waals surface area contributed by atoms with Crippen LogP contribution in [0.25, 0.3) is 0 Å². The quantitative estimate of drug-likeness (QED) is 0.585. The summed E-state index contributed by atoms with van der Waals surface area (Å²) in [5.41, 5.74) is -0.385. The molecule has 17 heavy (non-hydrogen) atoms. The third kappa shape index (κ3) is 4.91. The highest BCUT2D eigenvalue weighted by molar-refractivity contribution is 5.74. The largest absolute Gasteiger partial charge is 0.394 e. The molecule has 0 bridgehead atoms. The molecule has 0 aromatic heterocycles. The Hall–Kier alpha value is -0.810. The lowest BCUT2D eigenvalue weighted by Crippen LogP contribution is -2.53. The molecule has 0 heterocycles. The average molecular weight is 244 g/mol. The van der Waals surface area contributed by atoms with E-state index >= 15 is 0 Å². The molecule has 1 saturated carbocycles. The summed E-state index contributed by atoms with van der Waals surface area (Å²) >= 11 is 0. The van der Waals surface area contributed by atoms with Crippen LogP contribution in [0.3, 0.4) is 0 Å². The minimum atomic E-state index is -0.385. The van der Waals surface area contributed by atoms with E-state index in [-0.39, 0.29) is 18.2 Å². The maximum atomic E-state index is 11.6. The number of aliphatic hydroxyl groups excluding tert-OH is 1. The summed E-state index contributed by atoms with van der Waals surface area (Å²) in [4.78, 5) is 11.6. The van der Waals surface area contributed by atoms with Crippen molar-refractivity contribution in [1.29, 1.82) is 0 Å². The Balaban J connectivity index is 2.15. The van der Waals surface area contributed by atoms with E-state index in [1.165, 1.54) is 0 Å². The summed E-state index contributed by atoms with van der Waals surface area (Å²) in [5, 5.41) is 15.0. The molecule has 0 aromatic rings. The van der Waals surface area contributed by atoms with Crippen LogP contribution in [0.15, 0.2) is 0 Å². The highest BCUT2D eigenvalue weighted by Crippen LogP contribution is 2.28. The van der Waals surface area contributed by atoms with E-state index in [2.05, 4.69) is 10.6 Å². The van der Waals surface area contributed by atoms with E-state index in [9.17, 15) is 9.90 Å². The van der Waals surface area contributed by atoms with Gasteiger partial charge in [-0.1, -0.05) is 12.8 Å². The number of hydrogen-bond donors (Lipinski definition) is 3. The summed E-state index contributed by atoms with van der Waals surface area (Å²) in [6.45, 7) is 3.96. The first-order chi connectivity index (χ1) is 8.22. The molecule has 0 aliphatic heterocycles. The molecule has 5 heteroatoms. The molecule has 0 radical (unpaired) electrons. The normalized spacial score (nSPS) is 18.0. The third-order valence-electron chi connectivity index (χ3n) is 3.20. The first kappa shape index (κ1) is 14.3. The SMILES string of the molecule is CCOCCCNC(=O)NC1(CO)CCCC1. The van der Waals surface area contributed by atoms with Crippen LogP contribution in [0.2, 0.25) is 0 Å². The molecule has 1 fully saturated rings. The molecular weight excluding hydrogens is 220 g/mol. The van der Waals surface area contributed by atoms with Gasteiger partial charge in [0.05, 0.1) is 12.1 Å². The van der Waals surface area contributed by atoms with Gasteiger partial charge in [0, 0.05) is 19.8 Å². The first-order valence-electron chi connectivity index (χ1n) is 6.47. The lowest BCUT2D eigenvalue weighted by molar-refractivity contribution is 0.143. The van der Waals surface area contributed by atoms with Crippen molar-refractivity contribution in [1.82, 2.24) is 10.6 Å². The summed E-state index contributed by atoms with van der Waals surface area (Å²) in [5.74, 6) is 0. The molecule has 0 atom stereocenters. The van der Waals surface area contributed by atoms with E-state index in [4.69, 9.17) is 4.74 Å². The van der Waals surface area contributed by atoms with Crippen molar-refractivity contribution in [2.75, 3.05) is 26.4 Å². The Bertz CT molecular complexity index is 228. The predicted molar refractivity (Wildman–Crippen MR) is 65.9 cm³/mol. The van der Waals surface area contributed by atoms with Crippen LogP contribution in [-0.4, -0.2) is 43.0 Å². The van der Waals surface area contributed by atoms with Crippen LogP contribution in [0.1, 0.15) is 39.0 Å². The van der Waals surface area contributed by atoms with Crippen molar-refractivity contribution in [2.24, 2.45) is 0 Å². The predicted octanol–water partition coefficient (Wildman–Crippen LogP) is 1.02. The Kier molecular flexibility index (Phi) is 6.29. The van der Waals surface area contributed by atoms with Crippen molar-refractivity contribution in [3.63, 3.8) is 0 Å². The van der Waals surface area contributed by atoms with E-state index in [0.717, 1.165) is 32.1 Å². The molecule has 100 valence electrons. The van der Waals surface area contributed by atoms with Crippen molar-refractivity contribution in [2.45, 2.75) is 44.6 Å². The van der Waals surface area contributed by atoms with Gasteiger partial charge in [0.2, 0.25) is 0 Å². The van der Waals surface area contributed by atoms with Crippen LogP contribution in [0, 0.1) is 0 Å². The Morgan fingerprint density at radius 1 is 1.41 bits per heavy atom. The average Bonchev–Trinajstić information content (AvgIpc) is 2.78. The second-order valence-electron chi connectivity index (χ2n) is 4.58. The fourth-order valence-electron chi connectivity index (χ4n) is 2.18. The zero-order valence-corrected chi connectivity index (χ0v) is 10.6. The van der Waals surface area contributed by atoms with Gasteiger partial charge in [-0.15, -0.1) is 0 Å². The fourth-order valence-corrected chi connectivity index (χ4v) is 2.18. The molecule has 0 unspecified atom stereocenters. The van der Waals surface area contributed by atoms with Gasteiger partial charge in [-0.3, -0.25) is 0 Å². The van der Waals surface area contributed by atoms with Crippen LogP contribution in [-0.2, 0) is 4.74 Å². The van der Waals surface area contributed by atoms with E-state index in [0.29, 0.717) is 19.8 Å². The summed E-state index contributed by atoms with van der Waals surface area (Å²) in [6, 6.07) is -0.183. The number of rotatable bonds is 7. The van der Waals surface area contributed by atoms with Gasteiger partial charge in [-0.05, 0) is 26.2 Å². The molecule has 3 N–H and O–H groups in total. The second kappa shape index (κ2) is 7.50. The highest BCUT2D eigenvalue weighted by Gasteiger charge is 2.34. The molecule has 5 nitrogen and oxygen atoms in total. The smallest absolute Gasteiger partial charge is 0.315 e. The van der Waals surface area contributed by atoms with Gasteiger partial charge in [0.25, 0.3) is 0 Å². The third-order valence-corrected chi connectivity index (χ3v) is 3.20. The van der Waals surface area contributed by atoms with E-state index < -0.39 is 0 Å². The van der Waals surface area contributed by atoms with Gasteiger partial charge >= 0.3 is 6.03 Å². The number of aliphatic hydroxyl groups is 1. The van der Waals surface area contributed by atoms with Crippen molar-refractivity contribution < 1.29 is 14.6 Å².